The van der Waals surface area contributed by atoms with Crippen LogP contribution in [-0.4, -0.2) is 41.8 Å². The number of aliphatic hydroxyl groups excluding tert-OH is 1. The van der Waals surface area contributed by atoms with Crippen LogP contribution in [0, 0.1) is 5.92 Å². The number of rotatable bonds is 12. The zero-order chi connectivity index (χ0) is 24.1. The molecule has 0 aliphatic carbocycles. The van der Waals surface area contributed by atoms with E-state index in [9.17, 15) is 9.59 Å². The maximum absolute atomic E-state index is 12.7. The fourth-order valence-corrected chi connectivity index (χ4v) is 3.54. The van der Waals surface area contributed by atoms with E-state index in [1.807, 2.05) is 43.5 Å². The lowest BCUT2D eigenvalue weighted by Crippen LogP contribution is -2.22. The summed E-state index contributed by atoms with van der Waals surface area (Å²) in [5, 5.41) is 20.3. The van der Waals surface area contributed by atoms with Gasteiger partial charge in [0.05, 0.1) is 6.61 Å². The minimum absolute atomic E-state index is 0.0930. The van der Waals surface area contributed by atoms with Crippen molar-refractivity contribution in [1.29, 1.82) is 0 Å². The monoisotopic (exact) mass is 474 g/mol. The van der Waals surface area contributed by atoms with Gasteiger partial charge in [-0.3, -0.25) is 15.3 Å². The normalized spacial score (nSPS) is 12.7. The molecule has 0 spiro atoms. The van der Waals surface area contributed by atoms with E-state index in [1.165, 1.54) is 6.08 Å². The minimum atomic E-state index is -0.601. The van der Waals surface area contributed by atoms with Crippen molar-refractivity contribution in [3.63, 3.8) is 0 Å². The molecule has 33 heavy (non-hydrogen) atoms. The number of carbonyl (C=O) groups excluding carboxylic acids is 2. The van der Waals surface area contributed by atoms with E-state index in [-0.39, 0.29) is 19.1 Å². The molecule has 0 aliphatic rings. The average molecular weight is 475 g/mol. The highest BCUT2D eigenvalue weighted by Gasteiger charge is 2.24. The average Bonchev–Trinajstić information content (AvgIpc) is 2.84. The quantitative estimate of drug-likeness (QED) is 0.154. The number of amides is 2. The van der Waals surface area contributed by atoms with Gasteiger partial charge in [-0.1, -0.05) is 25.1 Å². The second-order valence-electron chi connectivity index (χ2n) is 7.26. The number of thioether (sulfide) groups is 1. The van der Waals surface area contributed by atoms with E-state index in [4.69, 9.17) is 19.8 Å². The highest BCUT2D eigenvalue weighted by atomic mass is 32.2. The van der Waals surface area contributed by atoms with Crippen molar-refractivity contribution < 1.29 is 29.4 Å². The molecular formula is C24H30N2O6S. The van der Waals surface area contributed by atoms with Gasteiger partial charge in [0.1, 0.15) is 18.5 Å². The van der Waals surface area contributed by atoms with Crippen molar-refractivity contribution in [1.82, 2.24) is 5.48 Å². The third kappa shape index (κ3) is 9.17. The summed E-state index contributed by atoms with van der Waals surface area (Å²) in [6, 6.07) is 14.7. The van der Waals surface area contributed by atoms with Crippen LogP contribution in [0.25, 0.3) is 0 Å². The Bertz CT molecular complexity index is 919. The molecule has 0 saturated carbocycles. The molecule has 0 heterocycles. The van der Waals surface area contributed by atoms with Crippen LogP contribution in [0.2, 0.25) is 0 Å². The van der Waals surface area contributed by atoms with Crippen molar-refractivity contribution in [3.8, 4) is 5.75 Å². The molecule has 2 amide bonds. The lowest BCUT2D eigenvalue weighted by Gasteiger charge is -2.25. The molecule has 0 aromatic heterocycles. The number of hydrogen-bond donors (Lipinski definition) is 4. The molecule has 2 aromatic rings. The zero-order valence-corrected chi connectivity index (χ0v) is 19.5. The van der Waals surface area contributed by atoms with E-state index in [0.29, 0.717) is 24.3 Å². The molecule has 0 bridgehead atoms. The number of benzene rings is 2. The first-order valence-electron chi connectivity index (χ1n) is 10.5. The number of hydrogen-bond acceptors (Lipinski definition) is 7. The predicted octanol–water partition coefficient (Wildman–Crippen LogP) is 4.55. The Morgan fingerprint density at radius 1 is 1.18 bits per heavy atom. The van der Waals surface area contributed by atoms with Crippen molar-refractivity contribution >= 4 is 29.4 Å². The van der Waals surface area contributed by atoms with E-state index >= 15 is 0 Å². The van der Waals surface area contributed by atoms with Gasteiger partial charge in [-0.15, -0.1) is 11.8 Å². The molecule has 2 aromatic carbocycles. The first kappa shape index (κ1) is 26.2. The molecule has 0 radical (unpaired) electrons. The summed E-state index contributed by atoms with van der Waals surface area (Å²) in [6.45, 7) is 2.01. The van der Waals surface area contributed by atoms with Gasteiger partial charge in [0, 0.05) is 16.7 Å². The predicted molar refractivity (Wildman–Crippen MR) is 128 cm³/mol. The Balaban J connectivity index is 2.13. The van der Waals surface area contributed by atoms with E-state index in [1.54, 1.807) is 41.5 Å². The number of allylic oxidation sites excluding steroid dienone is 1. The van der Waals surface area contributed by atoms with E-state index in [2.05, 4.69) is 5.32 Å². The second kappa shape index (κ2) is 14.2. The molecular weight excluding hydrogens is 444 g/mol. The first-order chi connectivity index (χ1) is 16.0. The molecule has 0 unspecified atom stereocenters. The SMILES string of the molecule is CSc1ccc(NC(=O)O[C@@H](c2cccc(OCCO)c2)[C@H](C)CC/C=C/C(=O)NO)cc1. The van der Waals surface area contributed by atoms with Gasteiger partial charge in [0.25, 0.3) is 5.91 Å². The Morgan fingerprint density at radius 2 is 1.94 bits per heavy atom. The van der Waals surface area contributed by atoms with Crippen molar-refractivity contribution in [2.75, 3.05) is 24.8 Å². The number of nitrogens with one attached hydrogen (secondary N) is 2. The number of ether oxygens (including phenoxy) is 2. The van der Waals surface area contributed by atoms with Gasteiger partial charge in [0.2, 0.25) is 0 Å². The number of anilines is 1. The van der Waals surface area contributed by atoms with Gasteiger partial charge in [-0.25, -0.2) is 10.3 Å². The standard InChI is InChI=1S/C24H30N2O6S/c1-17(6-3-4-9-22(28)26-30)23(18-7-5-8-20(16-18)31-15-14-27)32-24(29)25-19-10-12-21(33-2)13-11-19/h4-5,7-13,16-17,23,27,30H,3,6,14-15H2,1-2H3,(H,25,29)(H,26,28)/b9-4+/t17-,23-/m1/s1. The fourth-order valence-electron chi connectivity index (χ4n) is 3.13. The number of aliphatic hydroxyl groups is 1. The highest BCUT2D eigenvalue weighted by Crippen LogP contribution is 2.32. The van der Waals surface area contributed by atoms with Crippen LogP contribution in [0.1, 0.15) is 31.4 Å². The van der Waals surface area contributed by atoms with Gasteiger partial charge in [0.15, 0.2) is 0 Å². The van der Waals surface area contributed by atoms with Crippen LogP contribution in [-0.2, 0) is 9.53 Å². The number of carbonyl (C=O) groups is 2. The largest absolute Gasteiger partial charge is 0.491 e. The molecule has 0 saturated heterocycles. The summed E-state index contributed by atoms with van der Waals surface area (Å²) in [6.07, 6.45) is 4.88. The molecule has 9 heteroatoms. The highest BCUT2D eigenvalue weighted by molar-refractivity contribution is 7.98. The summed E-state index contributed by atoms with van der Waals surface area (Å²) in [5.74, 6) is -0.129. The molecule has 2 rings (SSSR count). The smallest absolute Gasteiger partial charge is 0.412 e. The maximum Gasteiger partial charge on any atom is 0.412 e. The van der Waals surface area contributed by atoms with Crippen LogP contribution in [0.5, 0.6) is 5.75 Å². The van der Waals surface area contributed by atoms with Gasteiger partial charge in [-0.05, 0) is 67.0 Å². The summed E-state index contributed by atoms with van der Waals surface area (Å²) in [5.41, 5.74) is 2.92. The second-order valence-corrected chi connectivity index (χ2v) is 8.14. The fraction of sp³-hybridized carbons (Fsp3) is 0.333. The van der Waals surface area contributed by atoms with Crippen molar-refractivity contribution in [3.05, 3.63) is 66.2 Å². The van der Waals surface area contributed by atoms with Crippen LogP contribution in [0.15, 0.2) is 65.6 Å². The van der Waals surface area contributed by atoms with Crippen LogP contribution < -0.4 is 15.5 Å². The van der Waals surface area contributed by atoms with Crippen molar-refractivity contribution in [2.45, 2.75) is 30.8 Å². The molecule has 0 aliphatic heterocycles. The Kier molecular flexibility index (Phi) is 11.3. The third-order valence-corrected chi connectivity index (χ3v) is 5.55. The lowest BCUT2D eigenvalue weighted by molar-refractivity contribution is -0.124. The molecule has 2 atom stereocenters. The maximum atomic E-state index is 12.7. The first-order valence-corrected chi connectivity index (χ1v) is 11.7. The summed E-state index contributed by atoms with van der Waals surface area (Å²) in [7, 11) is 0. The topological polar surface area (TPSA) is 117 Å². The zero-order valence-electron chi connectivity index (χ0n) is 18.7. The summed E-state index contributed by atoms with van der Waals surface area (Å²) in [4.78, 5) is 24.9. The van der Waals surface area contributed by atoms with E-state index < -0.39 is 18.1 Å². The van der Waals surface area contributed by atoms with Crippen molar-refractivity contribution in [2.24, 2.45) is 5.92 Å². The van der Waals surface area contributed by atoms with Gasteiger partial charge >= 0.3 is 6.09 Å². The Labute approximate surface area is 197 Å². The van der Waals surface area contributed by atoms with Crippen LogP contribution in [0.3, 0.4) is 0 Å². The molecule has 8 nitrogen and oxygen atoms in total. The third-order valence-electron chi connectivity index (χ3n) is 4.80. The lowest BCUT2D eigenvalue weighted by atomic mass is 9.93. The minimum Gasteiger partial charge on any atom is -0.491 e. The molecule has 0 fully saturated rings. The number of hydroxylamine groups is 1. The summed E-state index contributed by atoms with van der Waals surface area (Å²) >= 11 is 1.61. The van der Waals surface area contributed by atoms with Crippen LogP contribution in [0.4, 0.5) is 10.5 Å². The molecule has 4 N–H and O–H groups in total. The Hall–Kier alpha value is -3.01. The molecule has 178 valence electrons. The van der Waals surface area contributed by atoms with Gasteiger partial charge < -0.3 is 14.6 Å². The summed E-state index contributed by atoms with van der Waals surface area (Å²) < 4.78 is 11.3. The van der Waals surface area contributed by atoms with Crippen LogP contribution >= 0.6 is 11.8 Å². The van der Waals surface area contributed by atoms with E-state index in [0.717, 1.165) is 10.5 Å². The Morgan fingerprint density at radius 3 is 2.61 bits per heavy atom. The van der Waals surface area contributed by atoms with Gasteiger partial charge in [-0.2, -0.15) is 0 Å².